The zero-order valence-corrected chi connectivity index (χ0v) is 12.2. The van der Waals surface area contributed by atoms with Gasteiger partial charge in [-0.3, -0.25) is 0 Å². The van der Waals surface area contributed by atoms with Crippen molar-refractivity contribution in [3.63, 3.8) is 0 Å². The first-order valence-corrected chi connectivity index (χ1v) is 6.91. The van der Waals surface area contributed by atoms with Crippen molar-refractivity contribution in [2.75, 3.05) is 0 Å². The number of hydrogen-bond donors (Lipinski definition) is 1. The Kier molecular flexibility index (Phi) is 3.82. The summed E-state index contributed by atoms with van der Waals surface area (Å²) in [6.07, 6.45) is 3.33. The van der Waals surface area contributed by atoms with Crippen LogP contribution in [0.1, 0.15) is 36.1 Å². The highest BCUT2D eigenvalue weighted by Crippen LogP contribution is 2.22. The molecule has 18 heavy (non-hydrogen) atoms. The Morgan fingerprint density at radius 2 is 2.17 bits per heavy atom. The van der Waals surface area contributed by atoms with Crippen molar-refractivity contribution in [1.82, 2.24) is 20.1 Å². The molecule has 0 aliphatic heterocycles. The van der Waals surface area contributed by atoms with E-state index in [0.717, 1.165) is 13.1 Å². The maximum atomic E-state index is 4.14. The Hall–Kier alpha value is -1.20. The Labute approximate surface area is 112 Å². The van der Waals surface area contributed by atoms with Gasteiger partial charge >= 0.3 is 0 Å². The molecule has 0 unspecified atom stereocenters. The number of nitrogens with one attached hydrogen (secondary N) is 1. The molecule has 0 aromatic carbocycles. The monoisotopic (exact) mass is 264 g/mol. The molecular weight excluding hydrogens is 244 g/mol. The van der Waals surface area contributed by atoms with Gasteiger partial charge in [-0.25, -0.2) is 9.67 Å². The maximum absolute atomic E-state index is 4.14. The Balaban J connectivity index is 2.03. The van der Waals surface area contributed by atoms with E-state index in [9.17, 15) is 0 Å². The van der Waals surface area contributed by atoms with Crippen molar-refractivity contribution in [2.24, 2.45) is 0 Å². The van der Waals surface area contributed by atoms with Crippen LogP contribution in [0.3, 0.4) is 0 Å². The van der Waals surface area contributed by atoms with Crippen molar-refractivity contribution >= 4 is 11.3 Å². The van der Waals surface area contributed by atoms with Crippen molar-refractivity contribution in [2.45, 2.75) is 46.3 Å². The summed E-state index contributed by atoms with van der Waals surface area (Å²) in [6.45, 7) is 10.4. The lowest BCUT2D eigenvalue weighted by Crippen LogP contribution is -2.34. The number of rotatable bonds is 4. The first kappa shape index (κ1) is 13.2. The fourth-order valence-electron chi connectivity index (χ4n) is 1.67. The van der Waals surface area contributed by atoms with Crippen molar-refractivity contribution in [3.05, 3.63) is 34.0 Å². The molecule has 0 bridgehead atoms. The van der Waals surface area contributed by atoms with E-state index in [1.807, 2.05) is 16.0 Å². The second-order valence-corrected chi connectivity index (χ2v) is 6.83. The highest BCUT2D eigenvalue weighted by atomic mass is 32.1. The number of aromatic nitrogens is 3. The summed E-state index contributed by atoms with van der Waals surface area (Å²) >= 11 is 1.85. The van der Waals surface area contributed by atoms with E-state index in [1.54, 1.807) is 12.7 Å². The van der Waals surface area contributed by atoms with Crippen molar-refractivity contribution in [3.8, 4) is 0 Å². The lowest BCUT2D eigenvalue weighted by atomic mass is 10.1. The molecule has 0 spiro atoms. The molecule has 0 atom stereocenters. The van der Waals surface area contributed by atoms with Crippen LogP contribution in [0.5, 0.6) is 0 Å². The van der Waals surface area contributed by atoms with E-state index in [-0.39, 0.29) is 5.54 Å². The highest BCUT2D eigenvalue weighted by molar-refractivity contribution is 7.12. The summed E-state index contributed by atoms with van der Waals surface area (Å²) < 4.78 is 1.86. The third-order valence-corrected chi connectivity index (χ3v) is 3.76. The van der Waals surface area contributed by atoms with E-state index in [1.165, 1.54) is 15.3 Å². The molecule has 2 aromatic heterocycles. The van der Waals surface area contributed by atoms with Crippen LogP contribution >= 0.6 is 11.3 Å². The van der Waals surface area contributed by atoms with Crippen molar-refractivity contribution in [1.29, 1.82) is 0 Å². The molecule has 2 rings (SSSR count). The number of hydrogen-bond acceptors (Lipinski definition) is 4. The van der Waals surface area contributed by atoms with Crippen LogP contribution in [0.25, 0.3) is 0 Å². The molecule has 0 fully saturated rings. The Bertz CT molecular complexity index is 494. The topological polar surface area (TPSA) is 42.7 Å². The first-order valence-electron chi connectivity index (χ1n) is 6.10. The van der Waals surface area contributed by atoms with Crippen molar-refractivity contribution < 1.29 is 0 Å². The largest absolute Gasteiger partial charge is 0.307 e. The van der Waals surface area contributed by atoms with Crippen LogP contribution in [-0.2, 0) is 13.1 Å². The lowest BCUT2D eigenvalue weighted by molar-refractivity contribution is 0.426. The van der Waals surface area contributed by atoms with Crippen LogP contribution in [0, 0.1) is 6.92 Å². The molecule has 0 aliphatic rings. The molecule has 0 amide bonds. The number of aryl methyl sites for hydroxylation is 1. The standard InChI is InChI=1S/C13H20N4S/c1-10-11(7-17-9-14-8-16-17)5-12(18-10)6-15-13(2,3)4/h5,8-9,15H,6-7H2,1-4H3. The normalized spacial score (nSPS) is 12.0. The quantitative estimate of drug-likeness (QED) is 0.923. The fraction of sp³-hybridized carbons (Fsp3) is 0.538. The second kappa shape index (κ2) is 5.20. The summed E-state index contributed by atoms with van der Waals surface area (Å²) in [5.41, 5.74) is 1.49. The zero-order chi connectivity index (χ0) is 13.2. The van der Waals surface area contributed by atoms with E-state index < -0.39 is 0 Å². The van der Waals surface area contributed by atoms with Gasteiger partial charge in [-0.15, -0.1) is 11.3 Å². The van der Waals surface area contributed by atoms with Gasteiger partial charge in [0.15, 0.2) is 0 Å². The lowest BCUT2D eigenvalue weighted by Gasteiger charge is -2.19. The van der Waals surface area contributed by atoms with Crippen LogP contribution in [0.4, 0.5) is 0 Å². The summed E-state index contributed by atoms with van der Waals surface area (Å²) in [7, 11) is 0. The molecule has 4 nitrogen and oxygen atoms in total. The van der Waals surface area contributed by atoms with Gasteiger partial charge in [0, 0.05) is 21.8 Å². The van der Waals surface area contributed by atoms with Crippen LogP contribution in [0.15, 0.2) is 18.7 Å². The summed E-state index contributed by atoms with van der Waals surface area (Å²) in [5, 5.41) is 7.65. The Morgan fingerprint density at radius 1 is 1.39 bits per heavy atom. The van der Waals surface area contributed by atoms with Crippen LogP contribution in [0.2, 0.25) is 0 Å². The molecule has 2 heterocycles. The smallest absolute Gasteiger partial charge is 0.137 e. The van der Waals surface area contributed by atoms with Crippen LogP contribution < -0.4 is 5.32 Å². The van der Waals surface area contributed by atoms with Crippen LogP contribution in [-0.4, -0.2) is 20.3 Å². The third-order valence-electron chi connectivity index (χ3n) is 2.66. The van der Waals surface area contributed by atoms with Gasteiger partial charge in [-0.1, -0.05) is 0 Å². The third kappa shape index (κ3) is 3.65. The predicted molar refractivity (Wildman–Crippen MR) is 74.8 cm³/mol. The number of thiophene rings is 1. The van der Waals surface area contributed by atoms with Gasteiger partial charge in [0.2, 0.25) is 0 Å². The van der Waals surface area contributed by atoms with Gasteiger partial charge in [-0.05, 0) is 39.3 Å². The molecule has 2 aromatic rings. The first-order chi connectivity index (χ1) is 8.44. The molecule has 0 radical (unpaired) electrons. The van der Waals surface area contributed by atoms with Gasteiger partial charge in [0.05, 0.1) is 6.54 Å². The molecule has 0 aliphatic carbocycles. The SMILES string of the molecule is Cc1sc(CNC(C)(C)C)cc1Cn1cncn1. The van der Waals surface area contributed by atoms with Gasteiger partial charge in [0.1, 0.15) is 12.7 Å². The van der Waals surface area contributed by atoms with E-state index in [0.29, 0.717) is 0 Å². The molecule has 0 saturated carbocycles. The predicted octanol–water partition coefficient (Wildman–Crippen LogP) is 2.58. The second-order valence-electron chi connectivity index (χ2n) is 5.49. The molecule has 5 heteroatoms. The van der Waals surface area contributed by atoms with E-state index in [2.05, 4.69) is 49.2 Å². The average Bonchev–Trinajstić information content (AvgIpc) is 2.86. The fourth-order valence-corrected chi connectivity index (χ4v) is 2.67. The highest BCUT2D eigenvalue weighted by Gasteiger charge is 2.11. The molecule has 98 valence electrons. The zero-order valence-electron chi connectivity index (χ0n) is 11.4. The molecule has 1 N–H and O–H groups in total. The minimum atomic E-state index is 0.157. The van der Waals surface area contributed by atoms with Gasteiger partial charge in [0.25, 0.3) is 0 Å². The maximum Gasteiger partial charge on any atom is 0.137 e. The molecular formula is C13H20N4S. The molecule has 0 saturated heterocycles. The average molecular weight is 264 g/mol. The van der Waals surface area contributed by atoms with E-state index >= 15 is 0 Å². The number of nitrogens with zero attached hydrogens (tertiary/aromatic N) is 3. The van der Waals surface area contributed by atoms with Gasteiger partial charge in [-0.2, -0.15) is 5.10 Å². The summed E-state index contributed by atoms with van der Waals surface area (Å²) in [4.78, 5) is 6.70. The summed E-state index contributed by atoms with van der Waals surface area (Å²) in [6, 6.07) is 2.26. The minimum Gasteiger partial charge on any atom is -0.307 e. The van der Waals surface area contributed by atoms with E-state index in [4.69, 9.17) is 0 Å². The van der Waals surface area contributed by atoms with Gasteiger partial charge < -0.3 is 5.32 Å². The minimum absolute atomic E-state index is 0.157. The summed E-state index contributed by atoms with van der Waals surface area (Å²) in [5.74, 6) is 0. The Morgan fingerprint density at radius 3 is 2.78 bits per heavy atom.